The van der Waals surface area contributed by atoms with E-state index in [0.717, 1.165) is 26.1 Å². The highest BCUT2D eigenvalue weighted by Gasteiger charge is 2.51. The first-order chi connectivity index (χ1) is 15.5. The van der Waals surface area contributed by atoms with Gasteiger partial charge in [0.25, 0.3) is 0 Å². The molecule has 5 rings (SSSR count). The Hall–Kier alpha value is -2.39. The maximum absolute atomic E-state index is 13.1. The van der Waals surface area contributed by atoms with E-state index < -0.39 is 0 Å². The minimum atomic E-state index is -0.0846. The van der Waals surface area contributed by atoms with E-state index in [-0.39, 0.29) is 29.3 Å². The summed E-state index contributed by atoms with van der Waals surface area (Å²) in [5.41, 5.74) is 4.36. The van der Waals surface area contributed by atoms with Crippen molar-refractivity contribution in [3.8, 4) is 0 Å². The van der Waals surface area contributed by atoms with E-state index in [1.807, 2.05) is 0 Å². The van der Waals surface area contributed by atoms with Crippen LogP contribution in [0.2, 0.25) is 0 Å². The number of esters is 1. The first-order valence-corrected chi connectivity index (χ1v) is 12.2. The number of rotatable bonds is 6. The van der Waals surface area contributed by atoms with Crippen LogP contribution in [-0.2, 0) is 22.6 Å². The number of carbonyl (C=O) groups excluding carboxylic acids is 1. The van der Waals surface area contributed by atoms with Gasteiger partial charge in [-0.25, -0.2) is 0 Å². The summed E-state index contributed by atoms with van der Waals surface area (Å²) in [7, 11) is 0. The van der Waals surface area contributed by atoms with Crippen LogP contribution in [0.4, 0.5) is 0 Å². The highest BCUT2D eigenvalue weighted by Crippen LogP contribution is 2.54. The molecule has 3 heteroatoms. The molecular formula is C29H35NO2. The summed E-state index contributed by atoms with van der Waals surface area (Å²) in [6.45, 7) is 7.16. The summed E-state index contributed by atoms with van der Waals surface area (Å²) in [5, 5.41) is 0. The molecule has 0 bridgehead atoms. The zero-order valence-electron chi connectivity index (χ0n) is 19.4. The van der Waals surface area contributed by atoms with Gasteiger partial charge in [-0.2, -0.15) is 0 Å². The summed E-state index contributed by atoms with van der Waals surface area (Å²) in [6.07, 6.45) is 7.28. The molecule has 0 amide bonds. The van der Waals surface area contributed by atoms with Crippen molar-refractivity contribution in [1.29, 1.82) is 0 Å². The van der Waals surface area contributed by atoms with Crippen molar-refractivity contribution in [2.45, 2.75) is 58.7 Å². The molecule has 3 aliphatic rings. The molecule has 5 atom stereocenters. The molecular weight excluding hydrogens is 394 g/mol. The normalized spacial score (nSPS) is 31.6. The average molecular weight is 430 g/mol. The molecule has 0 radical (unpaired) electrons. The van der Waals surface area contributed by atoms with E-state index in [1.165, 1.54) is 30.4 Å². The molecule has 2 aliphatic carbocycles. The molecule has 3 nitrogen and oxygen atoms in total. The molecule has 0 N–H and O–H groups in total. The van der Waals surface area contributed by atoms with Crippen molar-refractivity contribution >= 4 is 5.97 Å². The highest BCUT2D eigenvalue weighted by atomic mass is 16.6. The summed E-state index contributed by atoms with van der Waals surface area (Å²) in [4.78, 5) is 15.5. The van der Waals surface area contributed by atoms with E-state index in [1.54, 1.807) is 5.57 Å². The summed E-state index contributed by atoms with van der Waals surface area (Å²) in [6, 6.07) is 21.2. The third-order valence-corrected chi connectivity index (χ3v) is 8.03. The lowest BCUT2D eigenvalue weighted by Crippen LogP contribution is -2.40. The molecule has 2 aromatic carbocycles. The Labute approximate surface area is 192 Å². The van der Waals surface area contributed by atoms with Crippen LogP contribution >= 0.6 is 0 Å². The molecule has 32 heavy (non-hydrogen) atoms. The molecule has 1 saturated carbocycles. The van der Waals surface area contributed by atoms with Crippen LogP contribution in [0.5, 0.6) is 0 Å². The maximum atomic E-state index is 13.1. The van der Waals surface area contributed by atoms with Gasteiger partial charge in [-0.05, 0) is 41.7 Å². The van der Waals surface area contributed by atoms with E-state index in [2.05, 4.69) is 85.5 Å². The fourth-order valence-corrected chi connectivity index (χ4v) is 6.41. The van der Waals surface area contributed by atoms with Crippen LogP contribution in [0, 0.1) is 23.2 Å². The molecule has 2 fully saturated rings. The number of allylic oxidation sites excluding steroid dienone is 1. The van der Waals surface area contributed by atoms with E-state index in [4.69, 9.17) is 4.74 Å². The molecule has 1 heterocycles. The molecule has 0 unspecified atom stereocenters. The Bertz CT molecular complexity index is 928. The van der Waals surface area contributed by atoms with Gasteiger partial charge >= 0.3 is 5.97 Å². The third kappa shape index (κ3) is 4.28. The maximum Gasteiger partial charge on any atom is 0.311 e. The van der Waals surface area contributed by atoms with Crippen LogP contribution in [0.15, 0.2) is 72.3 Å². The molecule has 2 aromatic rings. The van der Waals surface area contributed by atoms with Gasteiger partial charge in [0, 0.05) is 25.6 Å². The lowest BCUT2D eigenvalue weighted by molar-refractivity contribution is -0.145. The predicted octanol–water partition coefficient (Wildman–Crippen LogP) is 6.00. The van der Waals surface area contributed by atoms with Gasteiger partial charge in [0.1, 0.15) is 6.10 Å². The molecule has 0 aromatic heterocycles. The van der Waals surface area contributed by atoms with Gasteiger partial charge in [-0.3, -0.25) is 9.69 Å². The van der Waals surface area contributed by atoms with Gasteiger partial charge in [0.05, 0.1) is 5.92 Å². The van der Waals surface area contributed by atoms with Gasteiger partial charge in [-0.15, -0.1) is 0 Å². The number of ether oxygens (including phenoxy) is 1. The zero-order chi connectivity index (χ0) is 22.1. The van der Waals surface area contributed by atoms with Crippen molar-refractivity contribution < 1.29 is 9.53 Å². The summed E-state index contributed by atoms with van der Waals surface area (Å²) >= 11 is 0. The van der Waals surface area contributed by atoms with Crippen LogP contribution in [0.3, 0.4) is 0 Å². The second-order valence-corrected chi connectivity index (χ2v) is 10.5. The van der Waals surface area contributed by atoms with Crippen molar-refractivity contribution in [2.75, 3.05) is 6.54 Å². The van der Waals surface area contributed by atoms with E-state index in [0.29, 0.717) is 5.92 Å². The zero-order valence-corrected chi connectivity index (χ0v) is 19.4. The van der Waals surface area contributed by atoms with E-state index >= 15 is 0 Å². The monoisotopic (exact) mass is 429 g/mol. The predicted molar refractivity (Wildman–Crippen MR) is 128 cm³/mol. The average Bonchev–Trinajstić information content (AvgIpc) is 3.07. The molecule has 1 aliphatic heterocycles. The first kappa shape index (κ1) is 21.5. The van der Waals surface area contributed by atoms with Crippen molar-refractivity contribution in [3.05, 3.63) is 83.4 Å². The summed E-state index contributed by atoms with van der Waals surface area (Å²) in [5.74, 6) is 0.743. The number of fused-ring (bicyclic) bond motifs is 2. The minimum absolute atomic E-state index is 0.00197. The Morgan fingerprint density at radius 3 is 2.25 bits per heavy atom. The lowest BCUT2D eigenvalue weighted by atomic mass is 9.59. The Morgan fingerprint density at radius 1 is 1.00 bits per heavy atom. The molecule has 1 saturated heterocycles. The van der Waals surface area contributed by atoms with Gasteiger partial charge in [0.2, 0.25) is 0 Å². The van der Waals surface area contributed by atoms with Gasteiger partial charge < -0.3 is 4.74 Å². The second-order valence-electron chi connectivity index (χ2n) is 10.5. The van der Waals surface area contributed by atoms with E-state index in [9.17, 15) is 4.79 Å². The van der Waals surface area contributed by atoms with Crippen molar-refractivity contribution in [3.63, 3.8) is 0 Å². The van der Waals surface area contributed by atoms with Crippen LogP contribution < -0.4 is 0 Å². The quantitative estimate of drug-likeness (QED) is 0.416. The van der Waals surface area contributed by atoms with Crippen LogP contribution in [0.25, 0.3) is 0 Å². The standard InChI is InChI=1S/C29H35NO2/c1-21-10-9-15-29(2)17-27-24(16-26(21)29)25(28(31)32-27)20-30(18-22-11-5-3-6-12-22)19-23-13-7-4-8-14-23/h3-8,11-14,16,21,24-25,27H,9-10,15,17-20H2,1-2H3/t21-,24+,25+,27+,29+/m0/s1. The number of hydrogen-bond acceptors (Lipinski definition) is 3. The second kappa shape index (κ2) is 8.86. The topological polar surface area (TPSA) is 29.5 Å². The Kier molecular flexibility index (Phi) is 5.94. The number of benzene rings is 2. The van der Waals surface area contributed by atoms with Crippen LogP contribution in [0.1, 0.15) is 50.7 Å². The molecule has 0 spiro atoms. The van der Waals surface area contributed by atoms with Gasteiger partial charge in [-0.1, -0.05) is 92.6 Å². The first-order valence-electron chi connectivity index (χ1n) is 12.2. The number of nitrogens with zero attached hydrogens (tertiary/aromatic N) is 1. The smallest absolute Gasteiger partial charge is 0.311 e. The Morgan fingerprint density at radius 2 is 1.62 bits per heavy atom. The molecule has 168 valence electrons. The lowest BCUT2D eigenvalue weighted by Gasteiger charge is -2.46. The number of hydrogen-bond donors (Lipinski definition) is 0. The highest BCUT2D eigenvalue weighted by molar-refractivity contribution is 5.76. The SMILES string of the molecule is C[C@H]1CCC[C@]2(C)C[C@H]3OC(=O)[C@H](CN(Cc4ccccc4)Cc4ccccc4)[C@H]3C=C12. The third-order valence-electron chi connectivity index (χ3n) is 8.03. The van der Waals surface area contributed by atoms with Crippen LogP contribution in [-0.4, -0.2) is 23.5 Å². The fraction of sp³-hybridized carbons (Fsp3) is 0.483. The Balaban J connectivity index is 1.40. The van der Waals surface area contributed by atoms with Crippen molar-refractivity contribution in [2.24, 2.45) is 23.2 Å². The minimum Gasteiger partial charge on any atom is -0.461 e. The largest absolute Gasteiger partial charge is 0.461 e. The fourth-order valence-electron chi connectivity index (χ4n) is 6.41. The van der Waals surface area contributed by atoms with Gasteiger partial charge in [0.15, 0.2) is 0 Å². The summed E-state index contributed by atoms with van der Waals surface area (Å²) < 4.78 is 6.02. The van der Waals surface area contributed by atoms with Crippen molar-refractivity contribution in [1.82, 2.24) is 4.90 Å². The number of carbonyl (C=O) groups is 1.